The Morgan fingerprint density at radius 2 is 2.09 bits per heavy atom. The summed E-state index contributed by atoms with van der Waals surface area (Å²) in [6.45, 7) is 2.58. The van der Waals surface area contributed by atoms with Gasteiger partial charge >= 0.3 is 0 Å². The van der Waals surface area contributed by atoms with Gasteiger partial charge in [-0.1, -0.05) is 24.0 Å². The summed E-state index contributed by atoms with van der Waals surface area (Å²) in [5, 5.41) is 25.5. The van der Waals surface area contributed by atoms with Crippen LogP contribution >= 0.6 is 0 Å². The molecule has 35 heavy (non-hydrogen) atoms. The average molecular weight is 474 g/mol. The molecule has 9 nitrogen and oxygen atoms in total. The van der Waals surface area contributed by atoms with Crippen molar-refractivity contribution in [2.24, 2.45) is 5.73 Å². The maximum Gasteiger partial charge on any atom is 0.269 e. The third-order valence-corrected chi connectivity index (χ3v) is 6.65. The number of benzene rings is 2. The number of primary amides is 1. The Morgan fingerprint density at radius 3 is 2.77 bits per heavy atom. The lowest BCUT2D eigenvalue weighted by molar-refractivity contribution is -0.137. The minimum absolute atomic E-state index is 0.175. The van der Waals surface area contributed by atoms with Crippen LogP contribution in [0, 0.1) is 11.8 Å². The lowest BCUT2D eigenvalue weighted by atomic mass is 10.0. The predicted molar refractivity (Wildman–Crippen MR) is 130 cm³/mol. The molecule has 9 heteroatoms. The second-order valence-corrected chi connectivity index (χ2v) is 9.29. The molecular formula is C26H27N5O4. The molecule has 2 atom stereocenters. The van der Waals surface area contributed by atoms with Crippen LogP contribution < -0.4 is 5.73 Å². The van der Waals surface area contributed by atoms with E-state index >= 15 is 0 Å². The molecular weight excluding hydrogens is 446 g/mol. The van der Waals surface area contributed by atoms with Crippen molar-refractivity contribution in [1.29, 1.82) is 0 Å². The highest BCUT2D eigenvalue weighted by Gasteiger charge is 2.42. The molecule has 0 radical (unpaired) electrons. The van der Waals surface area contributed by atoms with Crippen LogP contribution in [0.15, 0.2) is 42.5 Å². The maximum atomic E-state index is 12.2. The maximum absolute atomic E-state index is 12.2. The summed E-state index contributed by atoms with van der Waals surface area (Å²) in [7, 11) is 1.64. The fourth-order valence-corrected chi connectivity index (χ4v) is 4.72. The molecule has 2 aromatic carbocycles. The summed E-state index contributed by atoms with van der Waals surface area (Å²) < 4.78 is 1.65. The molecule has 5 rings (SSSR count). The Labute approximate surface area is 202 Å². The molecule has 3 aromatic rings. The number of fused-ring (bicyclic) bond motifs is 1. The van der Waals surface area contributed by atoms with E-state index in [1.54, 1.807) is 29.9 Å². The number of β-amino-alcohol motifs (C(OH)–C–C–N with tert-alkyl or cyclic N) is 1. The van der Waals surface area contributed by atoms with Gasteiger partial charge in [-0.25, -0.2) is 4.68 Å². The third-order valence-electron chi connectivity index (χ3n) is 6.65. The van der Waals surface area contributed by atoms with E-state index in [2.05, 4.69) is 21.8 Å². The second-order valence-electron chi connectivity index (χ2n) is 9.29. The number of carbonyl (C=O) groups excluding carboxylic acids is 2. The van der Waals surface area contributed by atoms with E-state index in [0.717, 1.165) is 24.0 Å². The van der Waals surface area contributed by atoms with E-state index in [1.165, 1.54) is 4.90 Å². The number of likely N-dealkylation sites (N-methyl/N-ethyl adjacent to an activating group) is 1. The molecule has 1 aromatic heterocycles. The lowest BCUT2D eigenvalue weighted by Crippen LogP contribution is -2.37. The van der Waals surface area contributed by atoms with Gasteiger partial charge in [0, 0.05) is 50.6 Å². The quantitative estimate of drug-likeness (QED) is 0.478. The molecule has 0 saturated carbocycles. The Morgan fingerprint density at radius 1 is 1.26 bits per heavy atom. The Kier molecular flexibility index (Phi) is 5.81. The Balaban J connectivity index is 1.49. The van der Waals surface area contributed by atoms with Gasteiger partial charge in [-0.05, 0) is 42.3 Å². The van der Waals surface area contributed by atoms with Crippen LogP contribution in [0.3, 0.4) is 0 Å². The van der Waals surface area contributed by atoms with E-state index in [-0.39, 0.29) is 18.2 Å². The van der Waals surface area contributed by atoms with Crippen LogP contribution in [0.25, 0.3) is 16.6 Å². The zero-order valence-corrected chi connectivity index (χ0v) is 19.4. The van der Waals surface area contributed by atoms with Crippen molar-refractivity contribution in [3.8, 4) is 17.5 Å². The van der Waals surface area contributed by atoms with Crippen molar-refractivity contribution in [1.82, 2.24) is 19.6 Å². The summed E-state index contributed by atoms with van der Waals surface area (Å²) >= 11 is 0. The van der Waals surface area contributed by atoms with Gasteiger partial charge in [0.2, 0.25) is 5.60 Å². The number of aliphatic hydroxyl groups is 2. The average Bonchev–Trinajstić information content (AvgIpc) is 3.50. The first-order valence-corrected chi connectivity index (χ1v) is 11.6. The van der Waals surface area contributed by atoms with Gasteiger partial charge in [0.05, 0.1) is 17.3 Å². The molecule has 0 bridgehead atoms. The SMILES string of the molecule is CN1CC[C@@](O)(C#Cc2cccc(-n3nc(C(N)=O)c4cc(CN5CC[C@H](O)C5)ccc43)c2)C1=O. The summed E-state index contributed by atoms with van der Waals surface area (Å²) in [4.78, 5) is 28.0. The smallest absolute Gasteiger partial charge is 0.269 e. The van der Waals surface area contributed by atoms with Gasteiger partial charge in [-0.2, -0.15) is 5.10 Å². The first-order valence-electron chi connectivity index (χ1n) is 11.6. The molecule has 0 aliphatic carbocycles. The predicted octanol–water partition coefficient (Wildman–Crippen LogP) is 0.636. The largest absolute Gasteiger partial charge is 0.392 e. The van der Waals surface area contributed by atoms with Gasteiger partial charge in [0.25, 0.3) is 11.8 Å². The molecule has 2 saturated heterocycles. The highest BCUT2D eigenvalue weighted by molar-refractivity contribution is 6.04. The number of hydrogen-bond donors (Lipinski definition) is 3. The highest BCUT2D eigenvalue weighted by atomic mass is 16.3. The van der Waals surface area contributed by atoms with E-state index in [1.807, 2.05) is 24.3 Å². The molecule has 180 valence electrons. The van der Waals surface area contributed by atoms with Crippen molar-refractivity contribution in [2.45, 2.75) is 31.1 Å². The van der Waals surface area contributed by atoms with Crippen molar-refractivity contribution in [3.05, 3.63) is 59.3 Å². The van der Waals surface area contributed by atoms with E-state index in [9.17, 15) is 19.8 Å². The van der Waals surface area contributed by atoms with Crippen LogP contribution in [0.2, 0.25) is 0 Å². The number of hydrogen-bond acceptors (Lipinski definition) is 6. The number of carbonyl (C=O) groups is 2. The van der Waals surface area contributed by atoms with Gasteiger partial charge < -0.3 is 20.8 Å². The number of rotatable bonds is 4. The van der Waals surface area contributed by atoms with Crippen LogP contribution in [0.5, 0.6) is 0 Å². The number of aromatic nitrogens is 2. The zero-order chi connectivity index (χ0) is 24.7. The molecule has 0 unspecified atom stereocenters. The van der Waals surface area contributed by atoms with E-state index in [0.29, 0.717) is 36.3 Å². The zero-order valence-electron chi connectivity index (χ0n) is 19.4. The van der Waals surface area contributed by atoms with Crippen LogP contribution in [-0.4, -0.2) is 80.0 Å². The lowest BCUT2D eigenvalue weighted by Gasteiger charge is -2.15. The molecule has 3 heterocycles. The van der Waals surface area contributed by atoms with Crippen LogP contribution in [-0.2, 0) is 11.3 Å². The van der Waals surface area contributed by atoms with E-state index in [4.69, 9.17) is 5.73 Å². The number of aliphatic hydroxyl groups excluding tert-OH is 1. The highest BCUT2D eigenvalue weighted by Crippen LogP contribution is 2.26. The summed E-state index contributed by atoms with van der Waals surface area (Å²) in [6, 6.07) is 13.0. The molecule has 2 fully saturated rings. The monoisotopic (exact) mass is 473 g/mol. The Bertz CT molecular complexity index is 1390. The topological polar surface area (TPSA) is 125 Å². The van der Waals surface area contributed by atoms with Crippen molar-refractivity contribution < 1.29 is 19.8 Å². The minimum Gasteiger partial charge on any atom is -0.392 e. The Hall–Kier alpha value is -3.71. The molecule has 4 N–H and O–H groups in total. The van der Waals surface area contributed by atoms with Crippen LogP contribution in [0.1, 0.15) is 34.5 Å². The molecule has 2 aliphatic rings. The normalized spacial score (nSPS) is 22.5. The fraction of sp³-hybridized carbons (Fsp3) is 0.346. The molecule has 2 amide bonds. The van der Waals surface area contributed by atoms with Gasteiger partial charge in [-0.15, -0.1) is 0 Å². The second kappa shape index (κ2) is 8.82. The van der Waals surface area contributed by atoms with Gasteiger partial charge in [0.1, 0.15) is 0 Å². The number of likely N-dealkylation sites (tertiary alicyclic amines) is 2. The van der Waals surface area contributed by atoms with E-state index < -0.39 is 17.4 Å². The van der Waals surface area contributed by atoms with Crippen molar-refractivity contribution >= 4 is 22.7 Å². The molecule has 0 spiro atoms. The molecule has 2 aliphatic heterocycles. The number of nitrogens with two attached hydrogens (primary N) is 1. The first kappa shape index (κ1) is 23.1. The first-order chi connectivity index (χ1) is 16.7. The van der Waals surface area contributed by atoms with Crippen molar-refractivity contribution in [3.63, 3.8) is 0 Å². The summed E-state index contributed by atoms with van der Waals surface area (Å²) in [6.07, 6.45) is 0.722. The standard InChI is InChI=1S/C26H27N5O4/c1-29-12-10-26(35,25(29)34)9-7-17-3-2-4-19(13-17)31-22-6-5-18(15-30-11-8-20(32)16-30)14-21(22)23(28-31)24(27)33/h2-6,13-14,20,32,35H,8,10-12,15-16H2,1H3,(H2,27,33)/t20-,26-/m0/s1. The van der Waals surface area contributed by atoms with Crippen LogP contribution in [0.4, 0.5) is 0 Å². The van der Waals surface area contributed by atoms with Crippen molar-refractivity contribution in [2.75, 3.05) is 26.7 Å². The summed E-state index contributed by atoms with van der Waals surface area (Å²) in [5.41, 5.74) is 7.15. The van der Waals surface area contributed by atoms with Gasteiger partial charge in [-0.3, -0.25) is 14.5 Å². The van der Waals surface area contributed by atoms with Gasteiger partial charge in [0.15, 0.2) is 5.69 Å². The number of nitrogens with zero attached hydrogens (tertiary/aromatic N) is 4. The summed E-state index contributed by atoms with van der Waals surface area (Å²) in [5.74, 6) is 4.62. The minimum atomic E-state index is -1.68. The fourth-order valence-electron chi connectivity index (χ4n) is 4.72. The third kappa shape index (κ3) is 4.39. The number of amides is 2.